The van der Waals surface area contributed by atoms with Crippen molar-refractivity contribution in [2.24, 2.45) is 0 Å². The molecule has 0 bridgehead atoms. The molecule has 3 rings (SSSR count). The molecule has 2 amide bonds. The second-order valence-corrected chi connectivity index (χ2v) is 6.17. The predicted octanol–water partition coefficient (Wildman–Crippen LogP) is 3.30. The number of aryl methyl sites for hydroxylation is 2. The van der Waals surface area contributed by atoms with Gasteiger partial charge in [-0.05, 0) is 62.2 Å². The Hall–Kier alpha value is -2.82. The highest BCUT2D eigenvalue weighted by molar-refractivity contribution is 6.07. The summed E-state index contributed by atoms with van der Waals surface area (Å²) >= 11 is 0. The van der Waals surface area contributed by atoms with E-state index in [1.807, 2.05) is 32.0 Å². The Bertz CT molecular complexity index is 809. The van der Waals surface area contributed by atoms with Crippen LogP contribution in [-0.4, -0.2) is 25.0 Å². The number of nitrogens with one attached hydrogen (secondary N) is 1. The molecule has 1 unspecified atom stereocenters. The molecule has 1 heterocycles. The quantitative estimate of drug-likeness (QED) is 0.922. The van der Waals surface area contributed by atoms with Crippen LogP contribution >= 0.6 is 0 Å². The third-order valence-electron chi connectivity index (χ3n) is 4.04. The van der Waals surface area contributed by atoms with E-state index in [4.69, 9.17) is 4.74 Å². The molecule has 124 valence electrons. The summed E-state index contributed by atoms with van der Waals surface area (Å²) in [6, 6.07) is 11.0. The van der Waals surface area contributed by atoms with E-state index < -0.39 is 6.10 Å². The molecule has 24 heavy (non-hydrogen) atoms. The maximum absolute atomic E-state index is 12.5. The highest BCUT2D eigenvalue weighted by atomic mass is 16.5. The number of nitrogens with zero attached hydrogens (tertiary/aromatic N) is 1. The standard InChI is InChI=1S/C19H20N2O3/c1-11-7-12(2)9-15(8-11)20-18(22)14-5-6-17-16(10-14)21(4)19(23)13(3)24-17/h5-10,13H,1-4H3,(H,20,22). The fraction of sp³-hybridized carbons (Fsp3) is 0.263. The van der Waals surface area contributed by atoms with E-state index in [0.29, 0.717) is 17.0 Å². The van der Waals surface area contributed by atoms with E-state index in [-0.39, 0.29) is 11.8 Å². The van der Waals surface area contributed by atoms with Crippen molar-refractivity contribution in [3.63, 3.8) is 0 Å². The molecule has 5 heteroatoms. The Kier molecular flexibility index (Phi) is 4.01. The van der Waals surface area contributed by atoms with E-state index in [0.717, 1.165) is 16.8 Å². The van der Waals surface area contributed by atoms with Crippen LogP contribution in [-0.2, 0) is 4.79 Å². The third-order valence-corrected chi connectivity index (χ3v) is 4.04. The summed E-state index contributed by atoms with van der Waals surface area (Å²) in [6.07, 6.45) is -0.516. The predicted molar refractivity (Wildman–Crippen MR) is 93.8 cm³/mol. The van der Waals surface area contributed by atoms with Gasteiger partial charge in [0, 0.05) is 18.3 Å². The first-order chi connectivity index (χ1) is 11.3. The first-order valence-electron chi connectivity index (χ1n) is 7.83. The fourth-order valence-corrected chi connectivity index (χ4v) is 2.90. The van der Waals surface area contributed by atoms with E-state index in [1.165, 1.54) is 4.90 Å². The van der Waals surface area contributed by atoms with Crippen molar-refractivity contribution >= 4 is 23.2 Å². The number of ether oxygens (including phenoxy) is 1. The molecule has 0 aromatic heterocycles. The molecule has 0 saturated heterocycles. The second-order valence-electron chi connectivity index (χ2n) is 6.17. The van der Waals surface area contributed by atoms with Crippen molar-refractivity contribution in [1.29, 1.82) is 0 Å². The Labute approximate surface area is 141 Å². The minimum Gasteiger partial charge on any atom is -0.479 e. The molecule has 1 aliphatic heterocycles. The number of anilines is 2. The van der Waals surface area contributed by atoms with Gasteiger partial charge < -0.3 is 15.0 Å². The van der Waals surface area contributed by atoms with Crippen LogP contribution in [0.25, 0.3) is 0 Å². The van der Waals surface area contributed by atoms with Crippen LogP contribution in [0.15, 0.2) is 36.4 Å². The largest absolute Gasteiger partial charge is 0.479 e. The number of carbonyl (C=O) groups is 2. The summed E-state index contributed by atoms with van der Waals surface area (Å²) in [4.78, 5) is 26.1. The van der Waals surface area contributed by atoms with Gasteiger partial charge in [0.25, 0.3) is 11.8 Å². The molecule has 0 aliphatic carbocycles. The van der Waals surface area contributed by atoms with Gasteiger partial charge >= 0.3 is 0 Å². The van der Waals surface area contributed by atoms with Crippen LogP contribution in [0, 0.1) is 13.8 Å². The zero-order valence-corrected chi connectivity index (χ0v) is 14.2. The maximum atomic E-state index is 12.5. The van der Waals surface area contributed by atoms with E-state index in [9.17, 15) is 9.59 Å². The first kappa shape index (κ1) is 16.1. The Morgan fingerprint density at radius 3 is 2.46 bits per heavy atom. The van der Waals surface area contributed by atoms with Crippen LogP contribution in [0.3, 0.4) is 0 Å². The zero-order chi connectivity index (χ0) is 17.4. The van der Waals surface area contributed by atoms with E-state index in [2.05, 4.69) is 5.32 Å². The lowest BCUT2D eigenvalue weighted by atomic mass is 10.1. The van der Waals surface area contributed by atoms with Gasteiger partial charge in [-0.1, -0.05) is 6.07 Å². The van der Waals surface area contributed by atoms with Gasteiger partial charge in [0.05, 0.1) is 5.69 Å². The Morgan fingerprint density at radius 2 is 1.79 bits per heavy atom. The SMILES string of the molecule is Cc1cc(C)cc(NC(=O)c2ccc3c(c2)N(C)C(=O)C(C)O3)c1. The molecule has 1 atom stereocenters. The minimum absolute atomic E-state index is 0.130. The number of benzene rings is 2. The van der Waals surface area contributed by atoms with Crippen LogP contribution in [0.5, 0.6) is 5.75 Å². The van der Waals surface area contributed by atoms with E-state index in [1.54, 1.807) is 32.2 Å². The van der Waals surface area contributed by atoms with Crippen molar-refractivity contribution in [1.82, 2.24) is 0 Å². The van der Waals surface area contributed by atoms with Crippen LogP contribution in [0.2, 0.25) is 0 Å². The lowest BCUT2D eigenvalue weighted by Crippen LogP contribution is -2.42. The Morgan fingerprint density at radius 1 is 1.12 bits per heavy atom. The van der Waals surface area contributed by atoms with Crippen molar-refractivity contribution in [2.75, 3.05) is 17.3 Å². The summed E-state index contributed by atoms with van der Waals surface area (Å²) in [5.74, 6) is 0.254. The number of amides is 2. The van der Waals surface area contributed by atoms with Crippen molar-refractivity contribution in [3.05, 3.63) is 53.1 Å². The summed E-state index contributed by atoms with van der Waals surface area (Å²) in [6.45, 7) is 5.68. The molecule has 0 radical (unpaired) electrons. The molecule has 0 fully saturated rings. The number of likely N-dealkylation sites (N-methyl/N-ethyl adjacent to an activating group) is 1. The summed E-state index contributed by atoms with van der Waals surface area (Å²) in [5.41, 5.74) is 4.01. The number of carbonyl (C=O) groups excluding carboxylic acids is 2. The minimum atomic E-state index is -0.516. The van der Waals surface area contributed by atoms with Crippen LogP contribution in [0.1, 0.15) is 28.4 Å². The lowest BCUT2D eigenvalue weighted by molar-refractivity contribution is -0.125. The van der Waals surface area contributed by atoms with Gasteiger partial charge in [-0.25, -0.2) is 0 Å². The molecule has 1 N–H and O–H groups in total. The van der Waals surface area contributed by atoms with Crippen molar-refractivity contribution in [2.45, 2.75) is 26.9 Å². The molecule has 0 spiro atoms. The topological polar surface area (TPSA) is 58.6 Å². The average Bonchev–Trinajstić information content (AvgIpc) is 2.51. The maximum Gasteiger partial charge on any atom is 0.267 e. The van der Waals surface area contributed by atoms with Gasteiger partial charge in [0.1, 0.15) is 5.75 Å². The number of hydrogen-bond acceptors (Lipinski definition) is 3. The molecule has 1 aliphatic rings. The summed E-state index contributed by atoms with van der Waals surface area (Å²) < 4.78 is 5.58. The highest BCUT2D eigenvalue weighted by Crippen LogP contribution is 2.34. The lowest BCUT2D eigenvalue weighted by Gasteiger charge is -2.30. The van der Waals surface area contributed by atoms with Crippen molar-refractivity contribution in [3.8, 4) is 5.75 Å². The third kappa shape index (κ3) is 2.97. The first-order valence-corrected chi connectivity index (χ1v) is 7.83. The average molecular weight is 324 g/mol. The van der Waals surface area contributed by atoms with Crippen molar-refractivity contribution < 1.29 is 14.3 Å². The van der Waals surface area contributed by atoms with Gasteiger partial charge in [0.15, 0.2) is 6.10 Å². The van der Waals surface area contributed by atoms with Gasteiger partial charge in [-0.15, -0.1) is 0 Å². The number of rotatable bonds is 2. The molecule has 2 aromatic carbocycles. The molecule has 2 aromatic rings. The number of fused-ring (bicyclic) bond motifs is 1. The molecular formula is C19H20N2O3. The number of hydrogen-bond donors (Lipinski definition) is 1. The molecule has 0 saturated carbocycles. The second kappa shape index (κ2) is 6.00. The normalized spacial score (nSPS) is 16.4. The summed E-state index contributed by atoms with van der Waals surface area (Å²) in [7, 11) is 1.69. The fourth-order valence-electron chi connectivity index (χ4n) is 2.90. The van der Waals surface area contributed by atoms with Crippen LogP contribution < -0.4 is 15.0 Å². The van der Waals surface area contributed by atoms with Crippen LogP contribution in [0.4, 0.5) is 11.4 Å². The molecule has 5 nitrogen and oxygen atoms in total. The van der Waals surface area contributed by atoms with Gasteiger partial charge in [-0.3, -0.25) is 9.59 Å². The monoisotopic (exact) mass is 324 g/mol. The van der Waals surface area contributed by atoms with Gasteiger partial charge in [0.2, 0.25) is 0 Å². The summed E-state index contributed by atoms with van der Waals surface area (Å²) in [5, 5.41) is 2.90. The Balaban J connectivity index is 1.88. The van der Waals surface area contributed by atoms with E-state index >= 15 is 0 Å². The highest BCUT2D eigenvalue weighted by Gasteiger charge is 2.29. The molecular weight excluding hydrogens is 304 g/mol. The van der Waals surface area contributed by atoms with Gasteiger partial charge in [-0.2, -0.15) is 0 Å². The zero-order valence-electron chi connectivity index (χ0n) is 14.2. The smallest absolute Gasteiger partial charge is 0.267 e.